The number of benzene rings is 2. The highest BCUT2D eigenvalue weighted by Gasteiger charge is 2.22. The van der Waals surface area contributed by atoms with Crippen molar-refractivity contribution in [3.63, 3.8) is 0 Å². The summed E-state index contributed by atoms with van der Waals surface area (Å²) < 4.78 is 13.1. The summed E-state index contributed by atoms with van der Waals surface area (Å²) in [5.41, 5.74) is 4.81. The highest BCUT2D eigenvalue weighted by Crippen LogP contribution is 2.23. The Labute approximate surface area is 197 Å². The van der Waals surface area contributed by atoms with Crippen molar-refractivity contribution in [2.75, 3.05) is 5.32 Å². The first-order valence-corrected chi connectivity index (χ1v) is 10.9. The second kappa shape index (κ2) is 9.50. The normalized spacial score (nSPS) is 10.9. The molecule has 33 heavy (non-hydrogen) atoms. The van der Waals surface area contributed by atoms with Crippen molar-refractivity contribution < 1.29 is 14.1 Å². The van der Waals surface area contributed by atoms with Crippen LogP contribution in [-0.4, -0.2) is 20.8 Å². The molecule has 4 aromatic rings. The standard InChI is InChI=1S/C25H25ClN4O3/c1-15-8-9-16(2)22(10-15)32-14-21-18(4)33-29-24(21)25(31)27-23-11-17(3)30(28-23)13-19-6-5-7-20(26)12-19/h5-12H,13-14H2,1-4H3,(H,27,28,31). The molecule has 2 aromatic heterocycles. The lowest BCUT2D eigenvalue weighted by molar-refractivity contribution is 0.101. The van der Waals surface area contributed by atoms with Crippen molar-refractivity contribution in [2.45, 2.75) is 40.8 Å². The summed E-state index contributed by atoms with van der Waals surface area (Å²) in [6, 6.07) is 15.4. The van der Waals surface area contributed by atoms with Crippen LogP contribution in [0.2, 0.25) is 5.02 Å². The summed E-state index contributed by atoms with van der Waals surface area (Å²) in [6.45, 7) is 8.38. The number of carbonyl (C=O) groups is 1. The minimum atomic E-state index is -0.404. The fraction of sp³-hybridized carbons (Fsp3) is 0.240. The van der Waals surface area contributed by atoms with E-state index in [0.717, 1.165) is 28.1 Å². The van der Waals surface area contributed by atoms with Crippen LogP contribution in [0.15, 0.2) is 53.1 Å². The van der Waals surface area contributed by atoms with Crippen LogP contribution in [0.3, 0.4) is 0 Å². The van der Waals surface area contributed by atoms with E-state index >= 15 is 0 Å². The average molecular weight is 465 g/mol. The third-order valence-corrected chi connectivity index (χ3v) is 5.59. The Balaban J connectivity index is 1.48. The second-order valence-electron chi connectivity index (χ2n) is 8.04. The largest absolute Gasteiger partial charge is 0.488 e. The molecule has 2 aromatic carbocycles. The van der Waals surface area contributed by atoms with Crippen molar-refractivity contribution in [3.05, 3.63) is 93.0 Å². The monoisotopic (exact) mass is 464 g/mol. The zero-order valence-electron chi connectivity index (χ0n) is 19.0. The molecule has 8 heteroatoms. The van der Waals surface area contributed by atoms with Gasteiger partial charge in [0.05, 0.1) is 12.1 Å². The highest BCUT2D eigenvalue weighted by molar-refractivity contribution is 6.30. The van der Waals surface area contributed by atoms with E-state index in [2.05, 4.69) is 15.6 Å². The van der Waals surface area contributed by atoms with Gasteiger partial charge in [-0.05, 0) is 62.6 Å². The van der Waals surface area contributed by atoms with Crippen LogP contribution in [0, 0.1) is 27.7 Å². The summed E-state index contributed by atoms with van der Waals surface area (Å²) in [5.74, 6) is 1.32. The predicted octanol–water partition coefficient (Wildman–Crippen LogP) is 5.64. The molecular weight excluding hydrogens is 440 g/mol. The first-order valence-electron chi connectivity index (χ1n) is 10.6. The summed E-state index contributed by atoms with van der Waals surface area (Å²) in [5, 5.41) is 11.9. The van der Waals surface area contributed by atoms with Crippen molar-refractivity contribution in [3.8, 4) is 5.75 Å². The molecule has 0 radical (unpaired) electrons. The summed E-state index contributed by atoms with van der Waals surface area (Å²) in [6.07, 6.45) is 0. The Morgan fingerprint density at radius 3 is 2.73 bits per heavy atom. The Hall–Kier alpha value is -3.58. The number of amides is 1. The van der Waals surface area contributed by atoms with Gasteiger partial charge in [0.2, 0.25) is 0 Å². The zero-order chi connectivity index (χ0) is 23.5. The number of anilines is 1. The van der Waals surface area contributed by atoms with E-state index in [0.29, 0.717) is 28.7 Å². The summed E-state index contributed by atoms with van der Waals surface area (Å²) in [7, 11) is 0. The van der Waals surface area contributed by atoms with E-state index in [1.807, 2.05) is 69.3 Å². The first kappa shape index (κ1) is 22.6. The van der Waals surface area contributed by atoms with E-state index in [9.17, 15) is 4.79 Å². The van der Waals surface area contributed by atoms with Gasteiger partial charge in [-0.25, -0.2) is 0 Å². The Morgan fingerprint density at radius 1 is 1.12 bits per heavy atom. The van der Waals surface area contributed by atoms with Crippen molar-refractivity contribution in [1.82, 2.24) is 14.9 Å². The van der Waals surface area contributed by atoms with E-state index < -0.39 is 5.91 Å². The van der Waals surface area contributed by atoms with Crippen LogP contribution in [0.25, 0.3) is 0 Å². The first-order chi connectivity index (χ1) is 15.8. The molecule has 0 atom stereocenters. The van der Waals surface area contributed by atoms with E-state index in [1.165, 1.54) is 0 Å². The number of hydrogen-bond acceptors (Lipinski definition) is 5. The maximum atomic E-state index is 12.9. The molecule has 0 spiro atoms. The molecular formula is C25H25ClN4O3. The molecule has 0 aliphatic heterocycles. The lowest BCUT2D eigenvalue weighted by Gasteiger charge is -2.10. The van der Waals surface area contributed by atoms with Crippen LogP contribution in [0.1, 0.15) is 44.2 Å². The van der Waals surface area contributed by atoms with Crippen LogP contribution < -0.4 is 10.1 Å². The van der Waals surface area contributed by atoms with Gasteiger partial charge in [-0.2, -0.15) is 5.10 Å². The number of ether oxygens (including phenoxy) is 1. The fourth-order valence-electron chi connectivity index (χ4n) is 3.47. The van der Waals surface area contributed by atoms with Crippen molar-refractivity contribution in [1.29, 1.82) is 0 Å². The third-order valence-electron chi connectivity index (χ3n) is 5.36. The quantitative estimate of drug-likeness (QED) is 0.383. The number of aromatic nitrogens is 3. The number of carbonyl (C=O) groups excluding carboxylic acids is 1. The fourth-order valence-corrected chi connectivity index (χ4v) is 3.68. The maximum Gasteiger partial charge on any atom is 0.279 e. The number of hydrogen-bond donors (Lipinski definition) is 1. The minimum Gasteiger partial charge on any atom is -0.488 e. The Bertz CT molecular complexity index is 1310. The average Bonchev–Trinajstić information content (AvgIpc) is 3.30. The van der Waals surface area contributed by atoms with Crippen LogP contribution in [0.4, 0.5) is 5.82 Å². The molecule has 170 valence electrons. The van der Waals surface area contributed by atoms with Gasteiger partial charge < -0.3 is 14.6 Å². The zero-order valence-corrected chi connectivity index (χ0v) is 19.7. The van der Waals surface area contributed by atoms with Gasteiger partial charge in [-0.3, -0.25) is 9.48 Å². The molecule has 1 amide bonds. The lowest BCUT2D eigenvalue weighted by Crippen LogP contribution is -2.16. The smallest absolute Gasteiger partial charge is 0.279 e. The molecule has 0 fully saturated rings. The van der Waals surface area contributed by atoms with Crippen LogP contribution in [0.5, 0.6) is 5.75 Å². The molecule has 0 saturated heterocycles. The topological polar surface area (TPSA) is 82.2 Å². The van der Waals surface area contributed by atoms with Crippen LogP contribution in [-0.2, 0) is 13.2 Å². The highest BCUT2D eigenvalue weighted by atomic mass is 35.5. The second-order valence-corrected chi connectivity index (χ2v) is 8.47. The van der Waals surface area contributed by atoms with E-state index in [1.54, 1.807) is 11.6 Å². The van der Waals surface area contributed by atoms with Gasteiger partial charge >= 0.3 is 0 Å². The number of rotatable bonds is 7. The van der Waals surface area contributed by atoms with Crippen molar-refractivity contribution in [2.24, 2.45) is 0 Å². The number of halogens is 1. The third kappa shape index (κ3) is 5.26. The molecule has 0 saturated carbocycles. The lowest BCUT2D eigenvalue weighted by atomic mass is 10.1. The van der Waals surface area contributed by atoms with Gasteiger partial charge in [0.1, 0.15) is 18.1 Å². The van der Waals surface area contributed by atoms with Gasteiger partial charge in [-0.1, -0.05) is 41.0 Å². The van der Waals surface area contributed by atoms with E-state index in [4.69, 9.17) is 20.9 Å². The molecule has 1 N–H and O–H groups in total. The Kier molecular flexibility index (Phi) is 6.51. The number of nitrogens with one attached hydrogen (secondary N) is 1. The molecule has 0 bridgehead atoms. The van der Waals surface area contributed by atoms with E-state index in [-0.39, 0.29) is 12.3 Å². The Morgan fingerprint density at radius 2 is 1.94 bits per heavy atom. The molecule has 4 rings (SSSR count). The van der Waals surface area contributed by atoms with Gasteiger partial charge in [0.25, 0.3) is 5.91 Å². The minimum absolute atomic E-state index is 0.171. The molecule has 0 aliphatic rings. The molecule has 0 aliphatic carbocycles. The van der Waals surface area contributed by atoms with Gasteiger partial charge in [0, 0.05) is 16.8 Å². The molecule has 2 heterocycles. The molecule has 7 nitrogen and oxygen atoms in total. The number of nitrogens with zero attached hydrogens (tertiary/aromatic N) is 3. The van der Waals surface area contributed by atoms with Crippen LogP contribution >= 0.6 is 11.6 Å². The molecule has 0 unspecified atom stereocenters. The predicted molar refractivity (Wildman–Crippen MR) is 127 cm³/mol. The van der Waals surface area contributed by atoms with Crippen molar-refractivity contribution >= 4 is 23.3 Å². The van der Waals surface area contributed by atoms with Gasteiger partial charge in [-0.15, -0.1) is 0 Å². The SMILES string of the molecule is Cc1ccc(C)c(OCc2c(C(=O)Nc3cc(C)n(Cc4cccc(Cl)c4)n3)noc2C)c1. The maximum absolute atomic E-state index is 12.9. The number of aryl methyl sites for hydroxylation is 4. The van der Waals surface area contributed by atoms with Gasteiger partial charge in [0.15, 0.2) is 11.5 Å². The summed E-state index contributed by atoms with van der Waals surface area (Å²) in [4.78, 5) is 12.9. The summed E-state index contributed by atoms with van der Waals surface area (Å²) >= 11 is 6.08.